The Kier molecular flexibility index (Phi) is 17.0. The molecule has 0 fully saturated rings. The minimum atomic E-state index is 0.198. The van der Waals surface area contributed by atoms with Gasteiger partial charge in [0.1, 0.15) is 5.82 Å². The van der Waals surface area contributed by atoms with Crippen molar-refractivity contribution in [3.63, 3.8) is 0 Å². The lowest BCUT2D eigenvalue weighted by Crippen LogP contribution is -2.26. The van der Waals surface area contributed by atoms with Crippen molar-refractivity contribution in [1.29, 1.82) is 0 Å². The summed E-state index contributed by atoms with van der Waals surface area (Å²) in [5, 5.41) is 0. The average Bonchev–Trinajstić information content (AvgIpc) is 3.35. The van der Waals surface area contributed by atoms with Crippen molar-refractivity contribution in [2.45, 2.75) is 187 Å². The van der Waals surface area contributed by atoms with Crippen LogP contribution in [-0.4, -0.2) is 9.97 Å². The maximum Gasteiger partial charge on any atom is 0.112 e. The molecule has 1 atom stereocenters. The monoisotopic (exact) mass is 474 g/mol. The molecule has 1 heterocycles. The van der Waals surface area contributed by atoms with Crippen molar-refractivity contribution in [1.82, 2.24) is 9.97 Å². The van der Waals surface area contributed by atoms with E-state index in [1.807, 2.05) is 0 Å². The molecule has 0 radical (unpaired) electrons. The van der Waals surface area contributed by atoms with Gasteiger partial charge in [-0.3, -0.25) is 0 Å². The van der Waals surface area contributed by atoms with Crippen LogP contribution in [0.3, 0.4) is 0 Å². The summed E-state index contributed by atoms with van der Waals surface area (Å²) in [4.78, 5) is 9.15. The number of H-pyrrole nitrogens is 1. The molecule has 0 aliphatic rings. The second-order valence-electron chi connectivity index (χ2n) is 11.9. The molecule has 1 N–H and O–H groups in total. The highest BCUT2D eigenvalue weighted by atomic mass is 14.9. The van der Waals surface area contributed by atoms with Crippen molar-refractivity contribution in [3.05, 3.63) is 17.7 Å². The Hall–Kier alpha value is -0.790. The zero-order chi connectivity index (χ0) is 25.1. The number of aromatic amines is 1. The summed E-state index contributed by atoms with van der Waals surface area (Å²) < 4.78 is 0. The zero-order valence-corrected chi connectivity index (χ0v) is 24.4. The number of unbranched alkanes of at least 4 members (excludes halogenated alkanes) is 13. The number of aromatic nitrogens is 2. The van der Waals surface area contributed by atoms with Crippen LogP contribution in [0.25, 0.3) is 0 Å². The summed E-state index contributed by atoms with van der Waals surface area (Å²) in [6.45, 7) is 14.3. The fourth-order valence-electron chi connectivity index (χ4n) is 5.63. The van der Waals surface area contributed by atoms with Gasteiger partial charge in [-0.05, 0) is 25.7 Å². The second kappa shape index (κ2) is 18.5. The number of hydrogen-bond acceptors (Lipinski definition) is 1. The Morgan fingerprint density at radius 1 is 0.529 bits per heavy atom. The van der Waals surface area contributed by atoms with Gasteiger partial charge in [-0.25, -0.2) is 4.98 Å². The van der Waals surface area contributed by atoms with Crippen LogP contribution in [-0.2, 0) is 10.8 Å². The van der Waals surface area contributed by atoms with Gasteiger partial charge >= 0.3 is 0 Å². The van der Waals surface area contributed by atoms with Gasteiger partial charge in [0.15, 0.2) is 0 Å². The molecule has 200 valence electrons. The lowest BCUT2D eigenvalue weighted by atomic mass is 9.77. The standard InChI is InChI=1S/C32H62N2/c1-7-11-15-19-23-27-32(6,26-22-18-14-10-4)30-33-28-29(34-30)31(5,24-20-16-12-8-2)25-21-17-13-9-3/h28H,7-27H2,1-6H3,(H,33,34). The van der Waals surface area contributed by atoms with Gasteiger partial charge < -0.3 is 4.98 Å². The van der Waals surface area contributed by atoms with Gasteiger partial charge in [-0.2, -0.15) is 0 Å². The molecule has 0 spiro atoms. The maximum atomic E-state index is 5.41. The highest BCUT2D eigenvalue weighted by Crippen LogP contribution is 2.38. The smallest absolute Gasteiger partial charge is 0.112 e. The minimum absolute atomic E-state index is 0.198. The van der Waals surface area contributed by atoms with Crippen molar-refractivity contribution < 1.29 is 0 Å². The quantitative estimate of drug-likeness (QED) is 0.157. The molecule has 1 aromatic rings. The SMILES string of the molecule is CCCCCCCC(C)(CCCCCC)c1nc(C(C)(CCCCCC)CCCCCC)c[nH]1. The van der Waals surface area contributed by atoms with Gasteiger partial charge in [0.25, 0.3) is 0 Å². The van der Waals surface area contributed by atoms with E-state index in [1.165, 1.54) is 146 Å². The molecule has 1 rings (SSSR count). The summed E-state index contributed by atoms with van der Waals surface area (Å²) in [6, 6.07) is 0. The molecule has 0 aliphatic heterocycles. The third-order valence-corrected chi connectivity index (χ3v) is 8.35. The number of nitrogens with one attached hydrogen (secondary N) is 1. The molecule has 0 amide bonds. The summed E-state index contributed by atoms with van der Waals surface area (Å²) in [7, 11) is 0. The van der Waals surface area contributed by atoms with Crippen molar-refractivity contribution >= 4 is 0 Å². The molecule has 0 aromatic carbocycles. The number of nitrogens with zero attached hydrogens (tertiary/aromatic N) is 1. The maximum absolute atomic E-state index is 5.41. The Bertz CT molecular complexity index is 578. The van der Waals surface area contributed by atoms with E-state index in [0.29, 0.717) is 0 Å². The molecule has 0 aliphatic carbocycles. The van der Waals surface area contributed by atoms with Crippen LogP contribution in [0.4, 0.5) is 0 Å². The molecule has 0 saturated heterocycles. The summed E-state index contributed by atoms with van der Waals surface area (Å²) in [5.41, 5.74) is 1.77. The van der Waals surface area contributed by atoms with Gasteiger partial charge in [0.2, 0.25) is 0 Å². The summed E-state index contributed by atoms with van der Waals surface area (Å²) >= 11 is 0. The zero-order valence-electron chi connectivity index (χ0n) is 24.4. The normalized spacial score (nSPS) is 13.9. The van der Waals surface area contributed by atoms with E-state index in [0.717, 1.165) is 0 Å². The largest absolute Gasteiger partial charge is 0.348 e. The van der Waals surface area contributed by atoms with E-state index < -0.39 is 0 Å². The van der Waals surface area contributed by atoms with Crippen LogP contribution >= 0.6 is 0 Å². The molecular weight excluding hydrogens is 412 g/mol. The molecule has 2 heteroatoms. The van der Waals surface area contributed by atoms with Gasteiger partial charge in [0.05, 0.1) is 5.69 Å². The first kappa shape index (κ1) is 31.2. The Morgan fingerprint density at radius 2 is 0.882 bits per heavy atom. The van der Waals surface area contributed by atoms with Gasteiger partial charge in [-0.1, -0.05) is 151 Å². The Morgan fingerprint density at radius 3 is 1.29 bits per heavy atom. The number of rotatable bonds is 23. The first-order valence-electron chi connectivity index (χ1n) is 15.5. The fraction of sp³-hybridized carbons (Fsp3) is 0.906. The molecule has 1 aromatic heterocycles. The van der Waals surface area contributed by atoms with Crippen LogP contribution < -0.4 is 0 Å². The highest BCUT2D eigenvalue weighted by Gasteiger charge is 2.33. The lowest BCUT2D eigenvalue weighted by Gasteiger charge is -2.30. The first-order valence-corrected chi connectivity index (χ1v) is 15.5. The van der Waals surface area contributed by atoms with E-state index in [2.05, 4.69) is 52.7 Å². The minimum Gasteiger partial charge on any atom is -0.348 e. The fourth-order valence-corrected chi connectivity index (χ4v) is 5.63. The first-order chi connectivity index (χ1) is 16.5. The molecular formula is C32H62N2. The van der Waals surface area contributed by atoms with Crippen molar-refractivity contribution in [2.75, 3.05) is 0 Å². The Labute approximate surface area is 214 Å². The number of hydrogen-bond donors (Lipinski definition) is 1. The van der Waals surface area contributed by atoms with Crippen molar-refractivity contribution in [2.24, 2.45) is 0 Å². The predicted octanol–water partition coefficient (Wildman–Crippen LogP) is 11.2. The van der Waals surface area contributed by atoms with E-state index in [-0.39, 0.29) is 10.8 Å². The summed E-state index contributed by atoms with van der Waals surface area (Å²) in [6.07, 6.45) is 30.4. The third-order valence-electron chi connectivity index (χ3n) is 8.35. The molecule has 0 bridgehead atoms. The lowest BCUT2D eigenvalue weighted by molar-refractivity contribution is 0.338. The van der Waals surface area contributed by atoms with Gasteiger partial charge in [0, 0.05) is 17.0 Å². The van der Waals surface area contributed by atoms with Crippen LogP contribution in [0.1, 0.15) is 188 Å². The van der Waals surface area contributed by atoms with Gasteiger partial charge in [-0.15, -0.1) is 0 Å². The molecule has 0 saturated carbocycles. The van der Waals surface area contributed by atoms with E-state index >= 15 is 0 Å². The summed E-state index contributed by atoms with van der Waals surface area (Å²) in [5.74, 6) is 1.28. The highest BCUT2D eigenvalue weighted by molar-refractivity contribution is 5.18. The molecule has 1 unspecified atom stereocenters. The van der Waals surface area contributed by atoms with Crippen LogP contribution in [0.5, 0.6) is 0 Å². The number of imidazole rings is 1. The topological polar surface area (TPSA) is 28.7 Å². The third kappa shape index (κ3) is 11.8. The van der Waals surface area contributed by atoms with E-state index in [1.54, 1.807) is 0 Å². The molecule has 2 nitrogen and oxygen atoms in total. The van der Waals surface area contributed by atoms with E-state index in [9.17, 15) is 0 Å². The van der Waals surface area contributed by atoms with Crippen LogP contribution in [0.2, 0.25) is 0 Å². The average molecular weight is 475 g/mol. The van der Waals surface area contributed by atoms with Crippen molar-refractivity contribution in [3.8, 4) is 0 Å². The second-order valence-corrected chi connectivity index (χ2v) is 11.9. The Balaban J connectivity index is 2.96. The van der Waals surface area contributed by atoms with Crippen LogP contribution in [0.15, 0.2) is 6.20 Å². The van der Waals surface area contributed by atoms with Crippen LogP contribution in [0, 0.1) is 0 Å². The molecule has 34 heavy (non-hydrogen) atoms. The van der Waals surface area contributed by atoms with E-state index in [4.69, 9.17) is 4.98 Å². The predicted molar refractivity (Wildman–Crippen MR) is 153 cm³/mol.